The van der Waals surface area contributed by atoms with Crippen molar-refractivity contribution in [2.45, 2.75) is 38.5 Å². The predicted octanol–water partition coefficient (Wildman–Crippen LogP) is 5.82. The first-order chi connectivity index (χ1) is 15.4. The lowest BCUT2D eigenvalue weighted by Gasteiger charge is -2.14. The monoisotopic (exact) mass is 464 g/mol. The highest BCUT2D eigenvalue weighted by Crippen LogP contribution is 2.37. The summed E-state index contributed by atoms with van der Waals surface area (Å²) in [5.74, 6) is 1.42. The number of aromatic nitrogens is 4. The summed E-state index contributed by atoms with van der Waals surface area (Å²) in [4.78, 5) is 31.6. The van der Waals surface area contributed by atoms with Crippen molar-refractivity contribution in [3.63, 3.8) is 0 Å². The molecular formula is C23H24N6OS2. The molecule has 1 amide bonds. The van der Waals surface area contributed by atoms with Gasteiger partial charge in [0.2, 0.25) is 5.91 Å². The molecule has 0 atom stereocenters. The molecule has 0 aliphatic heterocycles. The lowest BCUT2D eigenvalue weighted by Crippen LogP contribution is -2.14. The Hall–Kier alpha value is -2.91. The summed E-state index contributed by atoms with van der Waals surface area (Å²) in [5.41, 5.74) is 5.38. The Morgan fingerprint density at radius 1 is 1.12 bits per heavy atom. The number of H-pyrrole nitrogens is 1. The SMILES string of the molecule is CSc1cc(-c2nc(C)c(C)s2)ccc1Nc1cc(NC(=O)C2CC2)nc2nc(C)[nH]c12. The summed E-state index contributed by atoms with van der Waals surface area (Å²) in [7, 11) is 0. The van der Waals surface area contributed by atoms with Crippen molar-refractivity contribution in [3.05, 3.63) is 40.7 Å². The number of carbonyl (C=O) groups excluding carboxylic acids is 1. The van der Waals surface area contributed by atoms with Crippen LogP contribution in [-0.2, 0) is 4.79 Å². The van der Waals surface area contributed by atoms with Crippen LogP contribution in [0.25, 0.3) is 21.7 Å². The summed E-state index contributed by atoms with van der Waals surface area (Å²) in [5, 5.41) is 7.51. The van der Waals surface area contributed by atoms with Crippen LogP contribution in [0, 0.1) is 26.7 Å². The maximum Gasteiger partial charge on any atom is 0.228 e. The van der Waals surface area contributed by atoms with Crippen molar-refractivity contribution >= 4 is 57.4 Å². The molecule has 7 nitrogen and oxygen atoms in total. The standard InChI is InChI=1S/C23H24N6OS2/c1-11-12(2)32-23(24-11)15-7-8-16(18(9-15)31-4)27-17-10-19(29-22(30)14-5-6-14)28-21-20(17)25-13(3)26-21/h7-10,14H,5-6H2,1-4H3,(H3,25,26,27,28,29,30). The molecule has 1 fully saturated rings. The number of benzene rings is 1. The normalized spacial score (nSPS) is 13.5. The van der Waals surface area contributed by atoms with E-state index >= 15 is 0 Å². The minimum atomic E-state index is 0.0262. The minimum Gasteiger partial charge on any atom is -0.353 e. The van der Waals surface area contributed by atoms with Crippen molar-refractivity contribution in [3.8, 4) is 10.6 Å². The zero-order valence-electron chi connectivity index (χ0n) is 18.4. The van der Waals surface area contributed by atoms with E-state index in [-0.39, 0.29) is 11.8 Å². The Labute approximate surface area is 194 Å². The quantitative estimate of drug-likeness (QED) is 0.311. The summed E-state index contributed by atoms with van der Waals surface area (Å²) < 4.78 is 0. The Morgan fingerprint density at radius 3 is 2.62 bits per heavy atom. The molecule has 3 N–H and O–H groups in total. The van der Waals surface area contributed by atoms with Crippen LogP contribution < -0.4 is 10.6 Å². The maximum absolute atomic E-state index is 12.3. The number of amides is 1. The van der Waals surface area contributed by atoms with E-state index in [1.807, 2.05) is 19.9 Å². The second-order valence-electron chi connectivity index (χ2n) is 8.04. The van der Waals surface area contributed by atoms with Crippen LogP contribution in [0.2, 0.25) is 0 Å². The third-order valence-electron chi connectivity index (χ3n) is 5.53. The predicted molar refractivity (Wildman–Crippen MR) is 132 cm³/mol. The van der Waals surface area contributed by atoms with Gasteiger partial charge >= 0.3 is 0 Å². The van der Waals surface area contributed by atoms with Gasteiger partial charge in [-0.1, -0.05) is 0 Å². The van der Waals surface area contributed by atoms with Gasteiger partial charge in [-0.05, 0) is 58.1 Å². The zero-order chi connectivity index (χ0) is 22.4. The molecule has 164 valence electrons. The number of nitrogens with one attached hydrogen (secondary N) is 3. The van der Waals surface area contributed by atoms with Gasteiger partial charge in [0.25, 0.3) is 0 Å². The largest absolute Gasteiger partial charge is 0.353 e. The van der Waals surface area contributed by atoms with Crippen molar-refractivity contribution in [1.29, 1.82) is 0 Å². The number of hydrogen-bond acceptors (Lipinski definition) is 7. The molecule has 4 aromatic rings. The topological polar surface area (TPSA) is 95.6 Å². The molecule has 3 heterocycles. The van der Waals surface area contributed by atoms with Gasteiger partial charge in [-0.3, -0.25) is 4.79 Å². The molecule has 3 aromatic heterocycles. The number of aromatic amines is 1. The molecule has 1 aromatic carbocycles. The highest BCUT2D eigenvalue weighted by molar-refractivity contribution is 7.98. The number of nitrogens with zero attached hydrogens (tertiary/aromatic N) is 3. The Morgan fingerprint density at radius 2 is 1.94 bits per heavy atom. The van der Waals surface area contributed by atoms with Crippen LogP contribution in [-0.4, -0.2) is 32.1 Å². The molecule has 1 aliphatic rings. The van der Waals surface area contributed by atoms with E-state index < -0.39 is 0 Å². The van der Waals surface area contributed by atoms with E-state index in [1.165, 1.54) is 4.88 Å². The molecule has 0 saturated heterocycles. The number of carbonyl (C=O) groups is 1. The first-order valence-electron chi connectivity index (χ1n) is 10.5. The van der Waals surface area contributed by atoms with Crippen LogP contribution in [0.3, 0.4) is 0 Å². The van der Waals surface area contributed by atoms with Crippen LogP contribution in [0.15, 0.2) is 29.2 Å². The fraction of sp³-hybridized carbons (Fsp3) is 0.304. The second-order valence-corrected chi connectivity index (χ2v) is 10.1. The number of anilines is 3. The lowest BCUT2D eigenvalue weighted by molar-refractivity contribution is -0.117. The maximum atomic E-state index is 12.3. The third-order valence-corrected chi connectivity index (χ3v) is 7.43. The Balaban J connectivity index is 1.50. The Kier molecular flexibility index (Phi) is 5.38. The van der Waals surface area contributed by atoms with E-state index in [0.717, 1.165) is 56.7 Å². The van der Waals surface area contributed by atoms with E-state index in [1.54, 1.807) is 23.1 Å². The summed E-state index contributed by atoms with van der Waals surface area (Å²) in [6, 6.07) is 8.19. The van der Waals surface area contributed by atoms with Gasteiger partial charge in [-0.15, -0.1) is 23.1 Å². The smallest absolute Gasteiger partial charge is 0.228 e. The number of pyridine rings is 1. The molecule has 1 aliphatic carbocycles. The van der Waals surface area contributed by atoms with Gasteiger partial charge in [-0.25, -0.2) is 15.0 Å². The van der Waals surface area contributed by atoms with Crippen LogP contribution >= 0.6 is 23.1 Å². The van der Waals surface area contributed by atoms with E-state index in [0.29, 0.717) is 11.5 Å². The second kappa shape index (κ2) is 8.22. The van der Waals surface area contributed by atoms with Gasteiger partial charge in [0.15, 0.2) is 5.65 Å². The van der Waals surface area contributed by atoms with Gasteiger partial charge in [-0.2, -0.15) is 0 Å². The minimum absolute atomic E-state index is 0.0262. The van der Waals surface area contributed by atoms with Crippen molar-refractivity contribution in [1.82, 2.24) is 19.9 Å². The number of thiazole rings is 1. The number of hydrogen-bond donors (Lipinski definition) is 3. The van der Waals surface area contributed by atoms with Gasteiger partial charge in [0.1, 0.15) is 22.2 Å². The average molecular weight is 465 g/mol. The summed E-state index contributed by atoms with van der Waals surface area (Å²) >= 11 is 3.39. The first-order valence-corrected chi connectivity index (χ1v) is 12.5. The highest BCUT2D eigenvalue weighted by atomic mass is 32.2. The fourth-order valence-corrected chi connectivity index (χ4v) is 5.00. The molecular weight excluding hydrogens is 440 g/mol. The molecule has 32 heavy (non-hydrogen) atoms. The van der Waals surface area contributed by atoms with Crippen LogP contribution in [0.4, 0.5) is 17.2 Å². The van der Waals surface area contributed by atoms with E-state index in [4.69, 9.17) is 4.98 Å². The average Bonchev–Trinajstić information content (AvgIpc) is 3.47. The summed E-state index contributed by atoms with van der Waals surface area (Å²) in [6.45, 7) is 6.04. The first kappa shape index (κ1) is 21.0. The van der Waals surface area contributed by atoms with Gasteiger partial charge in [0.05, 0.1) is 17.1 Å². The van der Waals surface area contributed by atoms with Crippen LogP contribution in [0.1, 0.15) is 29.2 Å². The number of aryl methyl sites for hydroxylation is 3. The third kappa shape index (κ3) is 4.10. The number of fused-ring (bicyclic) bond motifs is 1. The molecule has 0 unspecified atom stereocenters. The van der Waals surface area contributed by atoms with Crippen molar-refractivity contribution in [2.75, 3.05) is 16.9 Å². The van der Waals surface area contributed by atoms with Gasteiger partial charge < -0.3 is 15.6 Å². The lowest BCUT2D eigenvalue weighted by atomic mass is 10.2. The van der Waals surface area contributed by atoms with Crippen LogP contribution in [0.5, 0.6) is 0 Å². The molecule has 0 bridgehead atoms. The van der Waals surface area contributed by atoms with E-state index in [2.05, 4.69) is 57.0 Å². The molecule has 0 radical (unpaired) electrons. The number of thioether (sulfide) groups is 1. The number of imidazole rings is 1. The molecule has 5 rings (SSSR count). The zero-order valence-corrected chi connectivity index (χ0v) is 20.0. The molecule has 9 heteroatoms. The van der Waals surface area contributed by atoms with Gasteiger partial charge in [0, 0.05) is 27.3 Å². The Bertz CT molecular complexity index is 1320. The van der Waals surface area contributed by atoms with E-state index in [9.17, 15) is 4.79 Å². The molecule has 1 saturated carbocycles. The van der Waals surface area contributed by atoms with Crippen molar-refractivity contribution in [2.24, 2.45) is 5.92 Å². The summed E-state index contributed by atoms with van der Waals surface area (Å²) in [6.07, 6.45) is 3.96. The highest BCUT2D eigenvalue weighted by Gasteiger charge is 2.30. The van der Waals surface area contributed by atoms with Crippen molar-refractivity contribution < 1.29 is 4.79 Å². The number of rotatable bonds is 6. The fourth-order valence-electron chi connectivity index (χ4n) is 3.51. The molecule has 0 spiro atoms.